The minimum absolute atomic E-state index is 0.812. The standard InChI is InChI=1S/C48H31N5/c1-2-11-32(12-3-1)37-24-25-41(50-30-37)44-29-38(28-43(52-44)34-22-20-33(21-23-34)40-16-8-9-26-49-40)35-13-10-14-36(27-35)48-39-15-4-6-18-45(39)53-46-19-7-5-17-42(46)51-31-47(48)53/h1-31H. The number of aromatic nitrogens is 5. The van der Waals surface area contributed by atoms with Crippen LogP contribution in [0.15, 0.2) is 188 Å². The van der Waals surface area contributed by atoms with Crippen LogP contribution in [0.2, 0.25) is 0 Å². The van der Waals surface area contributed by atoms with E-state index in [2.05, 4.69) is 137 Å². The van der Waals surface area contributed by atoms with Crippen molar-refractivity contribution in [3.8, 4) is 67.3 Å². The van der Waals surface area contributed by atoms with Gasteiger partial charge >= 0.3 is 0 Å². The molecule has 53 heavy (non-hydrogen) atoms. The maximum Gasteiger partial charge on any atom is 0.0899 e. The van der Waals surface area contributed by atoms with Crippen LogP contribution < -0.4 is 0 Å². The van der Waals surface area contributed by atoms with Gasteiger partial charge in [-0.3, -0.25) is 15.0 Å². The van der Waals surface area contributed by atoms with Crippen molar-refractivity contribution in [2.24, 2.45) is 0 Å². The van der Waals surface area contributed by atoms with Crippen molar-refractivity contribution in [2.45, 2.75) is 0 Å². The smallest absolute Gasteiger partial charge is 0.0899 e. The summed E-state index contributed by atoms with van der Waals surface area (Å²) < 4.78 is 2.34. The summed E-state index contributed by atoms with van der Waals surface area (Å²) in [4.78, 5) is 19.5. The lowest BCUT2D eigenvalue weighted by molar-refractivity contribution is 1.25. The molecule has 10 rings (SSSR count). The largest absolute Gasteiger partial charge is 0.306 e. The SMILES string of the molecule is c1ccc(-c2ccc(-c3cc(-c4cccc(-c5c6ccccc6n6c5cnc5ccccc56)c4)cc(-c4ccc(-c5ccccn5)cc4)n3)nc2)cc1. The average molecular weight is 678 g/mol. The van der Waals surface area contributed by atoms with Crippen molar-refractivity contribution in [1.82, 2.24) is 24.3 Å². The molecule has 0 fully saturated rings. The highest BCUT2D eigenvalue weighted by Gasteiger charge is 2.17. The molecule has 10 aromatic rings. The second kappa shape index (κ2) is 12.8. The molecule has 0 aliphatic heterocycles. The number of para-hydroxylation sites is 3. The van der Waals surface area contributed by atoms with Crippen LogP contribution >= 0.6 is 0 Å². The number of hydrogen-bond donors (Lipinski definition) is 0. The van der Waals surface area contributed by atoms with Gasteiger partial charge in [-0.15, -0.1) is 0 Å². The van der Waals surface area contributed by atoms with Crippen molar-refractivity contribution < 1.29 is 0 Å². The highest BCUT2D eigenvalue weighted by atomic mass is 14.9. The number of fused-ring (bicyclic) bond motifs is 5. The lowest BCUT2D eigenvalue weighted by Crippen LogP contribution is -1.94. The second-order valence-electron chi connectivity index (χ2n) is 13.2. The molecule has 0 amide bonds. The van der Waals surface area contributed by atoms with Crippen LogP contribution in [0.25, 0.3) is 94.7 Å². The summed E-state index contributed by atoms with van der Waals surface area (Å²) >= 11 is 0. The Morgan fingerprint density at radius 2 is 1.04 bits per heavy atom. The first-order valence-corrected chi connectivity index (χ1v) is 17.7. The maximum atomic E-state index is 5.20. The fraction of sp³-hybridized carbons (Fsp3) is 0. The Morgan fingerprint density at radius 3 is 1.85 bits per heavy atom. The van der Waals surface area contributed by atoms with Crippen LogP contribution in [0, 0.1) is 0 Å². The van der Waals surface area contributed by atoms with E-state index in [1.165, 1.54) is 10.9 Å². The Hall–Kier alpha value is -7.24. The predicted octanol–water partition coefficient (Wildman–Crippen LogP) is 11.8. The van der Waals surface area contributed by atoms with Crippen LogP contribution in [0.5, 0.6) is 0 Å². The summed E-state index contributed by atoms with van der Waals surface area (Å²) in [5.41, 5.74) is 16.5. The number of hydrogen-bond acceptors (Lipinski definition) is 4. The monoisotopic (exact) mass is 677 g/mol. The van der Waals surface area contributed by atoms with Crippen LogP contribution in [0.1, 0.15) is 0 Å². The number of pyridine rings is 3. The zero-order valence-corrected chi connectivity index (χ0v) is 28.6. The Bertz CT molecular complexity index is 2810. The summed E-state index contributed by atoms with van der Waals surface area (Å²) in [6.45, 7) is 0. The molecular formula is C48H31N5. The van der Waals surface area contributed by atoms with Gasteiger partial charge in [-0.1, -0.05) is 115 Å². The van der Waals surface area contributed by atoms with Crippen LogP contribution in [-0.4, -0.2) is 24.3 Å². The summed E-state index contributed by atoms with van der Waals surface area (Å²) in [7, 11) is 0. The highest BCUT2D eigenvalue weighted by molar-refractivity contribution is 6.08. The maximum absolute atomic E-state index is 5.20. The molecule has 5 aromatic carbocycles. The van der Waals surface area contributed by atoms with Crippen LogP contribution in [0.4, 0.5) is 0 Å². The van der Waals surface area contributed by atoms with Crippen molar-refractivity contribution in [3.05, 3.63) is 188 Å². The van der Waals surface area contributed by atoms with Crippen molar-refractivity contribution in [1.29, 1.82) is 0 Å². The molecule has 0 saturated carbocycles. The minimum Gasteiger partial charge on any atom is -0.306 e. The molecule has 5 nitrogen and oxygen atoms in total. The van der Waals surface area contributed by atoms with Crippen LogP contribution in [0.3, 0.4) is 0 Å². The quantitative estimate of drug-likeness (QED) is 0.176. The van der Waals surface area contributed by atoms with E-state index in [1.807, 2.05) is 61.1 Å². The van der Waals surface area contributed by atoms with Crippen molar-refractivity contribution >= 4 is 27.5 Å². The van der Waals surface area contributed by atoms with Gasteiger partial charge in [-0.05, 0) is 76.9 Å². The van der Waals surface area contributed by atoms with Gasteiger partial charge in [0.1, 0.15) is 0 Å². The third-order valence-corrected chi connectivity index (χ3v) is 9.94. The van der Waals surface area contributed by atoms with Gasteiger partial charge in [-0.25, -0.2) is 4.98 Å². The summed E-state index contributed by atoms with van der Waals surface area (Å²) in [6.07, 6.45) is 5.76. The lowest BCUT2D eigenvalue weighted by atomic mass is 9.96. The predicted molar refractivity (Wildman–Crippen MR) is 216 cm³/mol. The zero-order chi connectivity index (χ0) is 35.1. The van der Waals surface area contributed by atoms with E-state index < -0.39 is 0 Å². The number of nitrogens with zero attached hydrogens (tertiary/aromatic N) is 5. The molecule has 0 N–H and O–H groups in total. The van der Waals surface area contributed by atoms with E-state index in [1.54, 1.807) is 0 Å². The second-order valence-corrected chi connectivity index (χ2v) is 13.2. The Kier molecular flexibility index (Phi) is 7.40. The van der Waals surface area contributed by atoms with Gasteiger partial charge in [0.25, 0.3) is 0 Å². The lowest BCUT2D eigenvalue weighted by Gasteiger charge is -2.12. The van der Waals surface area contributed by atoms with E-state index >= 15 is 0 Å². The third-order valence-electron chi connectivity index (χ3n) is 9.94. The first-order valence-electron chi connectivity index (χ1n) is 17.7. The van der Waals surface area contributed by atoms with Gasteiger partial charge < -0.3 is 4.40 Å². The summed E-state index contributed by atoms with van der Waals surface area (Å²) in [5.74, 6) is 0. The first kappa shape index (κ1) is 30.6. The normalized spacial score (nSPS) is 11.4. The molecule has 5 heterocycles. The molecule has 0 radical (unpaired) electrons. The number of benzene rings is 5. The molecule has 0 aliphatic carbocycles. The van der Waals surface area contributed by atoms with E-state index in [9.17, 15) is 0 Å². The molecule has 0 aliphatic rings. The van der Waals surface area contributed by atoms with Gasteiger partial charge in [-0.2, -0.15) is 0 Å². The third kappa shape index (κ3) is 5.52. The fourth-order valence-electron chi connectivity index (χ4n) is 7.36. The van der Waals surface area contributed by atoms with Gasteiger partial charge in [0.2, 0.25) is 0 Å². The summed E-state index contributed by atoms with van der Waals surface area (Å²) in [5, 5.41) is 1.19. The zero-order valence-electron chi connectivity index (χ0n) is 28.6. The highest BCUT2D eigenvalue weighted by Crippen LogP contribution is 2.39. The van der Waals surface area contributed by atoms with Gasteiger partial charge in [0.15, 0.2) is 0 Å². The number of rotatable bonds is 6. The Morgan fingerprint density at radius 1 is 0.340 bits per heavy atom. The molecule has 5 aromatic heterocycles. The topological polar surface area (TPSA) is 56.0 Å². The minimum atomic E-state index is 0.812. The molecule has 0 saturated heterocycles. The molecule has 0 bridgehead atoms. The van der Waals surface area contributed by atoms with Gasteiger partial charge in [0, 0.05) is 40.0 Å². The molecular weight excluding hydrogens is 647 g/mol. The molecule has 5 heteroatoms. The molecule has 0 unspecified atom stereocenters. The van der Waals surface area contributed by atoms with Gasteiger partial charge in [0.05, 0.1) is 51.0 Å². The molecule has 248 valence electrons. The Balaban J connectivity index is 1.12. The fourth-order valence-corrected chi connectivity index (χ4v) is 7.36. The van der Waals surface area contributed by atoms with Crippen molar-refractivity contribution in [3.63, 3.8) is 0 Å². The van der Waals surface area contributed by atoms with E-state index in [0.717, 1.165) is 83.8 Å². The van der Waals surface area contributed by atoms with Crippen LogP contribution in [-0.2, 0) is 0 Å². The first-order chi connectivity index (χ1) is 26.3. The average Bonchev–Trinajstić information content (AvgIpc) is 3.59. The van der Waals surface area contributed by atoms with E-state index in [4.69, 9.17) is 15.0 Å². The Labute approximate surface area is 306 Å². The van der Waals surface area contributed by atoms with E-state index in [0.29, 0.717) is 0 Å². The molecule has 0 spiro atoms. The van der Waals surface area contributed by atoms with E-state index in [-0.39, 0.29) is 0 Å². The van der Waals surface area contributed by atoms with Crippen molar-refractivity contribution in [2.75, 3.05) is 0 Å². The summed E-state index contributed by atoms with van der Waals surface area (Å²) in [6, 6.07) is 59.0. The molecule has 0 atom stereocenters.